The van der Waals surface area contributed by atoms with Crippen LogP contribution in [-0.2, 0) is 26.2 Å². The maximum atomic E-state index is 13.3. The highest BCUT2D eigenvalue weighted by Gasteiger charge is 2.31. The van der Waals surface area contributed by atoms with Gasteiger partial charge in [-0.15, -0.1) is 0 Å². The van der Waals surface area contributed by atoms with Crippen molar-refractivity contribution in [2.24, 2.45) is 0 Å². The number of carbonyl (C=O) groups excluding carboxylic acids is 2. The van der Waals surface area contributed by atoms with Gasteiger partial charge in [-0.3, -0.25) is 13.9 Å². The quantitative estimate of drug-likeness (QED) is 0.637. The third-order valence-corrected chi connectivity index (χ3v) is 6.04. The Morgan fingerprint density at radius 2 is 1.65 bits per heavy atom. The standard InChI is InChI=1S/C22H28FN3O4S/c1-5-20(22(28)24-3)25(14-17-8-6-16(2)7-9-17)21(27)15-26(31(4,29)30)19-12-10-18(23)11-13-19/h6-13,20H,5,14-15H2,1-4H3,(H,24,28)/t20-/m1/s1. The highest BCUT2D eigenvalue weighted by atomic mass is 32.2. The third-order valence-electron chi connectivity index (χ3n) is 4.90. The Kier molecular flexibility index (Phi) is 8.15. The van der Waals surface area contributed by atoms with Crippen LogP contribution in [0.25, 0.3) is 0 Å². The second-order valence-corrected chi connectivity index (χ2v) is 9.20. The first-order chi connectivity index (χ1) is 14.6. The van der Waals surface area contributed by atoms with E-state index < -0.39 is 34.3 Å². The van der Waals surface area contributed by atoms with E-state index in [0.717, 1.165) is 33.8 Å². The lowest BCUT2D eigenvalue weighted by molar-refractivity contribution is -0.140. The number of anilines is 1. The molecule has 168 valence electrons. The van der Waals surface area contributed by atoms with E-state index in [1.807, 2.05) is 31.2 Å². The number of sulfonamides is 1. The van der Waals surface area contributed by atoms with Crippen LogP contribution in [0.3, 0.4) is 0 Å². The van der Waals surface area contributed by atoms with Crippen molar-refractivity contribution in [3.05, 3.63) is 65.5 Å². The fourth-order valence-electron chi connectivity index (χ4n) is 3.20. The summed E-state index contributed by atoms with van der Waals surface area (Å²) in [6.45, 7) is 3.36. The topological polar surface area (TPSA) is 86.8 Å². The molecule has 9 heteroatoms. The van der Waals surface area contributed by atoms with E-state index in [0.29, 0.717) is 6.42 Å². The highest BCUT2D eigenvalue weighted by molar-refractivity contribution is 7.92. The van der Waals surface area contributed by atoms with E-state index in [1.165, 1.54) is 24.1 Å². The van der Waals surface area contributed by atoms with Crippen molar-refractivity contribution >= 4 is 27.5 Å². The first kappa shape index (κ1) is 24.3. The summed E-state index contributed by atoms with van der Waals surface area (Å²) in [5.41, 5.74) is 2.04. The van der Waals surface area contributed by atoms with Gasteiger partial charge in [0, 0.05) is 13.6 Å². The Labute approximate surface area is 182 Å². The van der Waals surface area contributed by atoms with Gasteiger partial charge in [0.05, 0.1) is 11.9 Å². The van der Waals surface area contributed by atoms with Crippen molar-refractivity contribution in [1.29, 1.82) is 0 Å². The number of likely N-dealkylation sites (N-methyl/N-ethyl adjacent to an activating group) is 1. The number of halogens is 1. The normalized spacial score (nSPS) is 12.2. The molecular weight excluding hydrogens is 421 g/mol. The molecule has 0 aromatic heterocycles. The number of amides is 2. The molecule has 0 aliphatic rings. The molecule has 1 N–H and O–H groups in total. The van der Waals surface area contributed by atoms with Crippen molar-refractivity contribution in [1.82, 2.24) is 10.2 Å². The molecule has 0 saturated carbocycles. The van der Waals surface area contributed by atoms with Gasteiger partial charge in [0.15, 0.2) is 0 Å². The summed E-state index contributed by atoms with van der Waals surface area (Å²) in [5, 5.41) is 2.56. The fraction of sp³-hybridized carbons (Fsp3) is 0.364. The van der Waals surface area contributed by atoms with Gasteiger partial charge in [0.1, 0.15) is 18.4 Å². The van der Waals surface area contributed by atoms with E-state index >= 15 is 0 Å². The van der Waals surface area contributed by atoms with E-state index in [2.05, 4.69) is 5.32 Å². The average molecular weight is 450 g/mol. The van der Waals surface area contributed by atoms with Gasteiger partial charge in [-0.1, -0.05) is 36.8 Å². The molecule has 0 aliphatic heterocycles. The third kappa shape index (κ3) is 6.52. The van der Waals surface area contributed by atoms with Crippen molar-refractivity contribution in [2.45, 2.75) is 32.9 Å². The van der Waals surface area contributed by atoms with Gasteiger partial charge in [-0.25, -0.2) is 12.8 Å². The van der Waals surface area contributed by atoms with Gasteiger partial charge < -0.3 is 10.2 Å². The number of aryl methyl sites for hydroxylation is 1. The summed E-state index contributed by atoms with van der Waals surface area (Å²) in [7, 11) is -2.35. The SMILES string of the molecule is CC[C@H](C(=O)NC)N(Cc1ccc(C)cc1)C(=O)CN(c1ccc(F)cc1)S(C)(=O)=O. The van der Waals surface area contributed by atoms with Crippen LogP contribution in [0.15, 0.2) is 48.5 Å². The van der Waals surface area contributed by atoms with Crippen molar-refractivity contribution < 1.29 is 22.4 Å². The second-order valence-electron chi connectivity index (χ2n) is 7.29. The van der Waals surface area contributed by atoms with Gasteiger partial charge in [0.25, 0.3) is 0 Å². The predicted molar refractivity (Wildman–Crippen MR) is 118 cm³/mol. The Morgan fingerprint density at radius 3 is 2.13 bits per heavy atom. The lowest BCUT2D eigenvalue weighted by Gasteiger charge is -2.32. The molecule has 2 aromatic carbocycles. The van der Waals surface area contributed by atoms with Crippen LogP contribution in [0.1, 0.15) is 24.5 Å². The number of carbonyl (C=O) groups is 2. The molecule has 0 spiro atoms. The second kappa shape index (κ2) is 10.4. The summed E-state index contributed by atoms with van der Waals surface area (Å²) in [6, 6.07) is 11.6. The van der Waals surface area contributed by atoms with Gasteiger partial charge in [0.2, 0.25) is 21.8 Å². The Bertz CT molecular complexity index is 1010. The maximum absolute atomic E-state index is 13.3. The summed E-state index contributed by atoms with van der Waals surface area (Å²) >= 11 is 0. The molecule has 31 heavy (non-hydrogen) atoms. The van der Waals surface area contributed by atoms with Crippen molar-refractivity contribution in [3.8, 4) is 0 Å². The minimum Gasteiger partial charge on any atom is -0.357 e. The number of rotatable bonds is 9. The Balaban J connectivity index is 2.40. The first-order valence-electron chi connectivity index (χ1n) is 9.86. The molecule has 0 fully saturated rings. The summed E-state index contributed by atoms with van der Waals surface area (Å²) in [5.74, 6) is -1.39. The monoisotopic (exact) mass is 449 g/mol. The van der Waals surface area contributed by atoms with E-state index in [1.54, 1.807) is 6.92 Å². The average Bonchev–Trinajstić information content (AvgIpc) is 2.72. The lowest BCUT2D eigenvalue weighted by atomic mass is 10.1. The van der Waals surface area contributed by atoms with E-state index in [9.17, 15) is 22.4 Å². The van der Waals surface area contributed by atoms with E-state index in [4.69, 9.17) is 0 Å². The molecule has 0 bridgehead atoms. The molecule has 0 unspecified atom stereocenters. The number of nitrogens with one attached hydrogen (secondary N) is 1. The van der Waals surface area contributed by atoms with Crippen LogP contribution >= 0.6 is 0 Å². The zero-order valence-corrected chi connectivity index (χ0v) is 18.9. The largest absolute Gasteiger partial charge is 0.357 e. The van der Waals surface area contributed by atoms with Crippen molar-refractivity contribution in [3.63, 3.8) is 0 Å². The van der Waals surface area contributed by atoms with Gasteiger partial charge in [-0.2, -0.15) is 0 Å². The molecule has 1 atom stereocenters. The number of benzene rings is 2. The molecule has 0 saturated heterocycles. The summed E-state index contributed by atoms with van der Waals surface area (Å²) in [6.07, 6.45) is 1.33. The number of hydrogen-bond donors (Lipinski definition) is 1. The highest BCUT2D eigenvalue weighted by Crippen LogP contribution is 2.20. The van der Waals surface area contributed by atoms with Gasteiger partial charge >= 0.3 is 0 Å². The summed E-state index contributed by atoms with van der Waals surface area (Å²) < 4.78 is 39.0. The molecule has 2 amide bonds. The summed E-state index contributed by atoms with van der Waals surface area (Å²) in [4.78, 5) is 27.1. The first-order valence-corrected chi connectivity index (χ1v) is 11.7. The van der Waals surface area contributed by atoms with Crippen LogP contribution in [0, 0.1) is 12.7 Å². The van der Waals surface area contributed by atoms with Crippen LogP contribution < -0.4 is 9.62 Å². The molecule has 0 aliphatic carbocycles. The number of hydrogen-bond acceptors (Lipinski definition) is 4. The minimum absolute atomic E-state index is 0.145. The molecule has 0 heterocycles. The molecule has 7 nitrogen and oxygen atoms in total. The Morgan fingerprint density at radius 1 is 1.06 bits per heavy atom. The van der Waals surface area contributed by atoms with Crippen LogP contribution in [0.5, 0.6) is 0 Å². The van der Waals surface area contributed by atoms with Gasteiger partial charge in [-0.05, 0) is 43.2 Å². The minimum atomic E-state index is -3.83. The zero-order valence-electron chi connectivity index (χ0n) is 18.1. The Hall–Kier alpha value is -2.94. The maximum Gasteiger partial charge on any atom is 0.244 e. The molecule has 2 rings (SSSR count). The lowest BCUT2D eigenvalue weighted by Crippen LogP contribution is -2.51. The molecule has 2 aromatic rings. The zero-order chi connectivity index (χ0) is 23.2. The predicted octanol–water partition coefficient (Wildman–Crippen LogP) is 2.45. The fourth-order valence-corrected chi connectivity index (χ4v) is 4.05. The van der Waals surface area contributed by atoms with Crippen LogP contribution in [-0.4, -0.2) is 51.0 Å². The van der Waals surface area contributed by atoms with Crippen LogP contribution in [0.4, 0.5) is 10.1 Å². The smallest absolute Gasteiger partial charge is 0.244 e. The van der Waals surface area contributed by atoms with E-state index in [-0.39, 0.29) is 18.1 Å². The number of nitrogens with zero attached hydrogens (tertiary/aromatic N) is 2. The van der Waals surface area contributed by atoms with Crippen molar-refractivity contribution in [2.75, 3.05) is 24.2 Å². The molecular formula is C22H28FN3O4S. The molecule has 0 radical (unpaired) electrons. The van der Waals surface area contributed by atoms with Crippen LogP contribution in [0.2, 0.25) is 0 Å².